The fraction of sp³-hybridized carbons (Fsp3) is 0.100. The number of alkyl halides is 3. The van der Waals surface area contributed by atoms with E-state index in [0.29, 0.717) is 27.6 Å². The Labute approximate surface area is 167 Å². The first-order valence-corrected chi connectivity index (χ1v) is 8.57. The number of nitrogens with zero attached hydrogens (tertiary/aromatic N) is 1. The molecule has 5 nitrogen and oxygen atoms in total. The third-order valence-corrected chi connectivity index (χ3v) is 4.47. The number of carbonyl (C=O) groups excluding carboxylic acids is 1. The van der Waals surface area contributed by atoms with E-state index in [2.05, 4.69) is 0 Å². The summed E-state index contributed by atoms with van der Waals surface area (Å²) in [6, 6.07) is 9.41. The van der Waals surface area contributed by atoms with Crippen molar-refractivity contribution >= 4 is 40.0 Å². The van der Waals surface area contributed by atoms with Gasteiger partial charge in [0.25, 0.3) is 5.78 Å². The number of aliphatic hydroxyl groups is 1. The second kappa shape index (κ2) is 7.63. The molecule has 2 N–H and O–H groups in total. The molecule has 0 aliphatic carbocycles. The molecule has 0 unspecified atom stereocenters. The predicted octanol–water partition coefficient (Wildman–Crippen LogP) is 4.91. The molecular formula is C20H13ClF3NO4. The number of carboxylic acids is 1. The molecule has 0 bridgehead atoms. The maximum Gasteiger partial charge on any atom is 0.416 e. The van der Waals surface area contributed by atoms with E-state index >= 15 is 0 Å². The largest absolute Gasteiger partial charge is 0.507 e. The Morgan fingerprint density at radius 1 is 1.07 bits per heavy atom. The lowest BCUT2D eigenvalue weighted by atomic mass is 10.1. The zero-order chi connectivity index (χ0) is 21.3. The Bertz CT molecular complexity index is 1130. The first kappa shape index (κ1) is 20.5. The molecule has 3 rings (SSSR count). The van der Waals surface area contributed by atoms with Crippen molar-refractivity contribution in [2.75, 3.05) is 0 Å². The maximum absolute atomic E-state index is 12.7. The molecule has 3 aromatic rings. The number of fused-ring (bicyclic) bond motifs is 1. The summed E-state index contributed by atoms with van der Waals surface area (Å²) in [7, 11) is 0. The molecule has 1 aromatic heterocycles. The minimum atomic E-state index is -4.43. The predicted molar refractivity (Wildman–Crippen MR) is 101 cm³/mol. The second-order valence-corrected chi connectivity index (χ2v) is 6.66. The van der Waals surface area contributed by atoms with E-state index < -0.39 is 29.3 Å². The lowest BCUT2D eigenvalue weighted by molar-refractivity contribution is -0.146. The molecule has 0 spiro atoms. The van der Waals surface area contributed by atoms with Crippen LogP contribution in [-0.2, 0) is 22.3 Å². The molecule has 0 radical (unpaired) electrons. The van der Waals surface area contributed by atoms with Crippen LogP contribution in [0.5, 0.6) is 0 Å². The van der Waals surface area contributed by atoms with E-state index in [4.69, 9.17) is 16.7 Å². The summed E-state index contributed by atoms with van der Waals surface area (Å²) in [5.74, 6) is -3.58. The summed E-state index contributed by atoms with van der Waals surface area (Å²) in [6.45, 7) is 0.177. The van der Waals surface area contributed by atoms with Crippen LogP contribution >= 0.6 is 11.6 Å². The summed E-state index contributed by atoms with van der Waals surface area (Å²) < 4.78 is 39.8. The molecule has 1 heterocycles. The summed E-state index contributed by atoms with van der Waals surface area (Å²) in [5.41, 5.74) is 0.566. The van der Waals surface area contributed by atoms with Crippen molar-refractivity contribution in [1.82, 2.24) is 4.57 Å². The molecular weight excluding hydrogens is 411 g/mol. The number of aromatic nitrogens is 1. The van der Waals surface area contributed by atoms with Crippen LogP contribution in [0.25, 0.3) is 16.7 Å². The highest BCUT2D eigenvalue weighted by Crippen LogP contribution is 2.31. The normalized spacial score (nSPS) is 12.3. The first-order chi connectivity index (χ1) is 13.6. The molecule has 0 aliphatic heterocycles. The highest BCUT2D eigenvalue weighted by atomic mass is 35.5. The van der Waals surface area contributed by atoms with E-state index in [1.807, 2.05) is 0 Å². The molecule has 0 saturated carbocycles. The van der Waals surface area contributed by atoms with E-state index in [-0.39, 0.29) is 12.1 Å². The summed E-state index contributed by atoms with van der Waals surface area (Å²) in [6.07, 6.45) is -2.38. The molecule has 29 heavy (non-hydrogen) atoms. The number of ketones is 1. The van der Waals surface area contributed by atoms with Crippen LogP contribution in [-0.4, -0.2) is 26.5 Å². The van der Waals surface area contributed by atoms with Crippen molar-refractivity contribution in [3.05, 3.63) is 76.5 Å². The maximum atomic E-state index is 12.7. The average Bonchev–Trinajstić information content (AvgIpc) is 2.99. The van der Waals surface area contributed by atoms with E-state index in [0.717, 1.165) is 12.1 Å². The molecule has 0 amide bonds. The number of benzene rings is 2. The van der Waals surface area contributed by atoms with Crippen molar-refractivity contribution in [3.63, 3.8) is 0 Å². The summed E-state index contributed by atoms with van der Waals surface area (Å²) in [5, 5.41) is 19.7. The Hall–Kier alpha value is -3.26. The smallest absolute Gasteiger partial charge is 0.416 e. The molecule has 0 saturated heterocycles. The first-order valence-electron chi connectivity index (χ1n) is 8.19. The zero-order valence-corrected chi connectivity index (χ0v) is 15.3. The molecule has 0 aliphatic rings. The van der Waals surface area contributed by atoms with Gasteiger partial charge in [-0.3, -0.25) is 4.79 Å². The Morgan fingerprint density at radius 2 is 1.72 bits per heavy atom. The van der Waals surface area contributed by atoms with Gasteiger partial charge in [0.15, 0.2) is 0 Å². The fourth-order valence-corrected chi connectivity index (χ4v) is 3.04. The monoisotopic (exact) mass is 423 g/mol. The number of rotatable bonds is 5. The third-order valence-electron chi connectivity index (χ3n) is 4.23. The Morgan fingerprint density at radius 3 is 2.31 bits per heavy atom. The van der Waals surface area contributed by atoms with Gasteiger partial charge >= 0.3 is 12.1 Å². The van der Waals surface area contributed by atoms with Gasteiger partial charge in [-0.05, 0) is 35.9 Å². The number of carbonyl (C=O) groups is 2. The van der Waals surface area contributed by atoms with Gasteiger partial charge in [0, 0.05) is 40.3 Å². The standard InChI is InChI=1S/C20H13ClF3NO4/c21-13-5-6-16-14(7-13)15(17(26)8-18(27)19(28)29)10-25(16)9-11-1-3-12(4-2-11)20(22,23)24/h1-8,10,26H,9H2,(H,28,29). The van der Waals surface area contributed by atoms with Crippen molar-refractivity contribution in [1.29, 1.82) is 0 Å². The minimum Gasteiger partial charge on any atom is -0.507 e. The Balaban J connectivity index is 2.03. The topological polar surface area (TPSA) is 79.5 Å². The Kier molecular flexibility index (Phi) is 5.39. The van der Waals surface area contributed by atoms with Crippen LogP contribution in [0, 0.1) is 0 Å². The summed E-state index contributed by atoms with van der Waals surface area (Å²) >= 11 is 6.00. The quantitative estimate of drug-likeness (QED) is 0.347. The van der Waals surface area contributed by atoms with Gasteiger partial charge in [-0.15, -0.1) is 0 Å². The van der Waals surface area contributed by atoms with E-state index in [1.165, 1.54) is 24.4 Å². The molecule has 9 heteroatoms. The van der Waals surface area contributed by atoms with Crippen molar-refractivity contribution in [2.45, 2.75) is 12.7 Å². The van der Waals surface area contributed by atoms with Gasteiger partial charge in [-0.2, -0.15) is 13.2 Å². The van der Waals surface area contributed by atoms with Crippen molar-refractivity contribution < 1.29 is 33.0 Å². The number of halogens is 4. The van der Waals surface area contributed by atoms with Gasteiger partial charge in [0.2, 0.25) is 0 Å². The fourth-order valence-electron chi connectivity index (χ4n) is 2.86. The summed E-state index contributed by atoms with van der Waals surface area (Å²) in [4.78, 5) is 22.1. The van der Waals surface area contributed by atoms with Gasteiger partial charge in [0.05, 0.1) is 5.56 Å². The highest BCUT2D eigenvalue weighted by Gasteiger charge is 2.30. The third kappa shape index (κ3) is 4.43. The number of carboxylic acid groups (broad SMARTS) is 1. The number of aliphatic hydroxyl groups excluding tert-OH is 1. The van der Waals surface area contributed by atoms with Gasteiger partial charge < -0.3 is 14.8 Å². The minimum absolute atomic E-state index is 0.170. The highest BCUT2D eigenvalue weighted by molar-refractivity contribution is 6.38. The van der Waals surface area contributed by atoms with Crippen LogP contribution in [0.1, 0.15) is 16.7 Å². The van der Waals surface area contributed by atoms with Crippen LogP contribution < -0.4 is 0 Å². The number of hydrogen-bond donors (Lipinski definition) is 2. The average molecular weight is 424 g/mol. The van der Waals surface area contributed by atoms with Crippen LogP contribution in [0.4, 0.5) is 13.2 Å². The van der Waals surface area contributed by atoms with Crippen molar-refractivity contribution in [3.8, 4) is 0 Å². The lowest BCUT2D eigenvalue weighted by Gasteiger charge is -2.09. The van der Waals surface area contributed by atoms with Crippen LogP contribution in [0.3, 0.4) is 0 Å². The number of aliphatic carboxylic acids is 1. The molecule has 2 aromatic carbocycles. The lowest BCUT2D eigenvalue weighted by Crippen LogP contribution is -2.09. The van der Waals surface area contributed by atoms with E-state index in [1.54, 1.807) is 16.7 Å². The zero-order valence-electron chi connectivity index (χ0n) is 14.6. The molecule has 150 valence electrons. The van der Waals surface area contributed by atoms with Gasteiger partial charge in [-0.25, -0.2) is 4.79 Å². The van der Waals surface area contributed by atoms with Gasteiger partial charge in [-0.1, -0.05) is 23.7 Å². The SMILES string of the molecule is O=C(O)C(=O)C=C(O)c1cn(Cc2ccc(C(F)(F)F)cc2)c2ccc(Cl)cc12. The number of hydrogen-bond acceptors (Lipinski definition) is 3. The van der Waals surface area contributed by atoms with Crippen LogP contribution in [0.15, 0.2) is 54.7 Å². The van der Waals surface area contributed by atoms with Crippen molar-refractivity contribution in [2.24, 2.45) is 0 Å². The molecule has 0 atom stereocenters. The second-order valence-electron chi connectivity index (χ2n) is 6.23. The molecule has 0 fully saturated rings. The van der Waals surface area contributed by atoms with E-state index in [9.17, 15) is 27.9 Å². The van der Waals surface area contributed by atoms with Crippen LogP contribution in [0.2, 0.25) is 5.02 Å². The van der Waals surface area contributed by atoms with Gasteiger partial charge in [0.1, 0.15) is 5.76 Å².